The smallest absolute Gasteiger partial charge is 0.333 e. The van der Waals surface area contributed by atoms with Gasteiger partial charge in [0.25, 0.3) is 0 Å². The van der Waals surface area contributed by atoms with Crippen LogP contribution in [0.2, 0.25) is 0 Å². The quantitative estimate of drug-likeness (QED) is 0.381. The summed E-state index contributed by atoms with van der Waals surface area (Å²) in [6, 6.07) is 0. The highest BCUT2D eigenvalue weighted by Gasteiger charge is 2.08. The van der Waals surface area contributed by atoms with E-state index in [0.717, 1.165) is 0 Å². The zero-order chi connectivity index (χ0) is 11.1. The van der Waals surface area contributed by atoms with Crippen molar-refractivity contribution in [2.75, 3.05) is 13.2 Å². The number of carbonyl (C=O) groups is 2. The van der Waals surface area contributed by atoms with Gasteiger partial charge in [0.15, 0.2) is 0 Å². The molecule has 0 spiro atoms. The van der Waals surface area contributed by atoms with Gasteiger partial charge in [0.1, 0.15) is 13.2 Å². The van der Waals surface area contributed by atoms with Crippen molar-refractivity contribution in [3.05, 3.63) is 12.2 Å². The predicted molar refractivity (Wildman–Crippen MR) is 51.6 cm³/mol. The summed E-state index contributed by atoms with van der Waals surface area (Å²) in [4.78, 5) is 21.8. The third kappa shape index (κ3) is 5.35. The van der Waals surface area contributed by atoms with Gasteiger partial charge in [-0.2, -0.15) is 0 Å². The van der Waals surface area contributed by atoms with E-state index in [1.54, 1.807) is 20.8 Å². The maximum atomic E-state index is 10.9. The zero-order valence-electron chi connectivity index (χ0n) is 8.83. The molecular formula is C10H16O4. The molecule has 14 heavy (non-hydrogen) atoms. The Labute approximate surface area is 83.9 Å². The van der Waals surface area contributed by atoms with Crippen LogP contribution in [0.4, 0.5) is 0 Å². The molecule has 4 heteroatoms. The topological polar surface area (TPSA) is 52.6 Å². The zero-order valence-corrected chi connectivity index (χ0v) is 8.83. The van der Waals surface area contributed by atoms with Crippen LogP contribution < -0.4 is 0 Å². The summed E-state index contributed by atoms with van der Waals surface area (Å²) in [6.45, 7) is 8.62. The molecule has 0 aromatic carbocycles. The second kappa shape index (κ2) is 6.18. The molecule has 0 rings (SSSR count). The van der Waals surface area contributed by atoms with Crippen LogP contribution in [0, 0.1) is 5.92 Å². The maximum absolute atomic E-state index is 10.9. The van der Waals surface area contributed by atoms with Crippen LogP contribution in [0.5, 0.6) is 0 Å². The van der Waals surface area contributed by atoms with E-state index in [1.807, 2.05) is 0 Å². The Morgan fingerprint density at radius 3 is 2.14 bits per heavy atom. The van der Waals surface area contributed by atoms with Crippen molar-refractivity contribution >= 4 is 11.9 Å². The van der Waals surface area contributed by atoms with E-state index in [4.69, 9.17) is 9.47 Å². The first-order valence-corrected chi connectivity index (χ1v) is 4.44. The van der Waals surface area contributed by atoms with Gasteiger partial charge in [-0.1, -0.05) is 20.4 Å². The molecule has 0 saturated heterocycles. The number of hydrogen-bond acceptors (Lipinski definition) is 4. The highest BCUT2D eigenvalue weighted by atomic mass is 16.6. The van der Waals surface area contributed by atoms with Gasteiger partial charge in [-0.15, -0.1) is 0 Å². The van der Waals surface area contributed by atoms with Crippen molar-refractivity contribution in [2.24, 2.45) is 5.92 Å². The van der Waals surface area contributed by atoms with Crippen LogP contribution >= 0.6 is 0 Å². The second-order valence-electron chi connectivity index (χ2n) is 3.24. The highest BCUT2D eigenvalue weighted by molar-refractivity contribution is 5.86. The molecule has 0 bridgehead atoms. The number of ether oxygens (including phenoxy) is 2. The third-order valence-corrected chi connectivity index (χ3v) is 1.38. The minimum absolute atomic E-state index is 0.0736. The van der Waals surface area contributed by atoms with Gasteiger partial charge in [-0.25, -0.2) is 4.79 Å². The Kier molecular flexibility index (Phi) is 5.60. The molecule has 0 aliphatic rings. The van der Waals surface area contributed by atoms with Gasteiger partial charge < -0.3 is 9.47 Å². The Morgan fingerprint density at radius 1 is 1.21 bits per heavy atom. The molecule has 0 aliphatic heterocycles. The fourth-order valence-corrected chi connectivity index (χ4v) is 0.566. The molecule has 0 fully saturated rings. The van der Waals surface area contributed by atoms with Crippen LogP contribution in [-0.4, -0.2) is 25.2 Å². The fourth-order valence-electron chi connectivity index (χ4n) is 0.566. The second-order valence-corrected chi connectivity index (χ2v) is 3.24. The summed E-state index contributed by atoms with van der Waals surface area (Å²) in [6.07, 6.45) is 0. The van der Waals surface area contributed by atoms with Crippen LogP contribution in [0.15, 0.2) is 12.2 Å². The molecule has 4 nitrogen and oxygen atoms in total. The van der Waals surface area contributed by atoms with Gasteiger partial charge in [-0.05, 0) is 6.92 Å². The molecule has 0 aliphatic carbocycles. The highest BCUT2D eigenvalue weighted by Crippen LogP contribution is 1.96. The van der Waals surface area contributed by atoms with Crippen LogP contribution in [0.25, 0.3) is 0 Å². The van der Waals surface area contributed by atoms with Crippen LogP contribution in [0.1, 0.15) is 20.8 Å². The molecule has 0 radical (unpaired) electrons. The molecule has 0 unspecified atom stereocenters. The average Bonchev–Trinajstić information content (AvgIpc) is 2.11. The molecule has 0 N–H and O–H groups in total. The molecule has 0 aromatic heterocycles. The van der Waals surface area contributed by atoms with E-state index < -0.39 is 5.97 Å². The van der Waals surface area contributed by atoms with Crippen molar-refractivity contribution in [2.45, 2.75) is 20.8 Å². The average molecular weight is 200 g/mol. The van der Waals surface area contributed by atoms with E-state index >= 15 is 0 Å². The number of rotatable bonds is 5. The number of hydrogen-bond donors (Lipinski definition) is 0. The van der Waals surface area contributed by atoms with Gasteiger partial charge in [-0.3, -0.25) is 4.79 Å². The van der Waals surface area contributed by atoms with Crippen LogP contribution in [-0.2, 0) is 19.1 Å². The lowest BCUT2D eigenvalue weighted by Gasteiger charge is -2.07. The summed E-state index contributed by atoms with van der Waals surface area (Å²) in [5.41, 5.74) is 0.334. The minimum atomic E-state index is -0.467. The van der Waals surface area contributed by atoms with Crippen molar-refractivity contribution in [3.8, 4) is 0 Å². The Bertz CT molecular complexity index is 230. The van der Waals surface area contributed by atoms with Crippen molar-refractivity contribution in [1.29, 1.82) is 0 Å². The number of esters is 2. The fraction of sp³-hybridized carbons (Fsp3) is 0.600. The van der Waals surface area contributed by atoms with E-state index in [9.17, 15) is 9.59 Å². The van der Waals surface area contributed by atoms with E-state index in [-0.39, 0.29) is 25.1 Å². The van der Waals surface area contributed by atoms with Gasteiger partial charge in [0, 0.05) is 5.57 Å². The summed E-state index contributed by atoms with van der Waals surface area (Å²) >= 11 is 0. The van der Waals surface area contributed by atoms with E-state index in [2.05, 4.69) is 6.58 Å². The van der Waals surface area contributed by atoms with Crippen molar-refractivity contribution in [3.63, 3.8) is 0 Å². The first kappa shape index (κ1) is 12.7. The standard InChI is InChI=1S/C10H16O4/c1-7(2)9(11)13-5-6-14-10(12)8(3)4/h8H,1,5-6H2,2-4H3. The van der Waals surface area contributed by atoms with Gasteiger partial charge in [0.2, 0.25) is 0 Å². The molecule has 0 heterocycles. The SMILES string of the molecule is C=C(C)C(=O)OCCOC(=O)C(C)C. The molecule has 0 atom stereocenters. The normalized spacial score (nSPS) is 9.71. The predicted octanol–water partition coefficient (Wildman–Crippen LogP) is 1.30. The Balaban J connectivity index is 3.52. The van der Waals surface area contributed by atoms with Crippen LogP contribution in [0.3, 0.4) is 0 Å². The number of carbonyl (C=O) groups excluding carboxylic acids is 2. The lowest BCUT2D eigenvalue weighted by atomic mass is 10.2. The lowest BCUT2D eigenvalue weighted by molar-refractivity contribution is -0.152. The first-order chi connectivity index (χ1) is 6.45. The monoisotopic (exact) mass is 200 g/mol. The molecule has 0 amide bonds. The largest absolute Gasteiger partial charge is 0.462 e. The molecule has 0 saturated carbocycles. The first-order valence-electron chi connectivity index (χ1n) is 4.44. The summed E-state index contributed by atoms with van der Waals surface area (Å²) in [5, 5.41) is 0. The maximum Gasteiger partial charge on any atom is 0.333 e. The van der Waals surface area contributed by atoms with Crippen molar-refractivity contribution < 1.29 is 19.1 Å². The van der Waals surface area contributed by atoms with E-state index in [1.165, 1.54) is 0 Å². The van der Waals surface area contributed by atoms with Gasteiger partial charge >= 0.3 is 11.9 Å². The Morgan fingerprint density at radius 2 is 1.71 bits per heavy atom. The minimum Gasteiger partial charge on any atom is -0.462 e. The van der Waals surface area contributed by atoms with Gasteiger partial charge in [0.05, 0.1) is 5.92 Å². The Hall–Kier alpha value is -1.32. The molecule has 80 valence electrons. The summed E-state index contributed by atoms with van der Waals surface area (Å²) in [7, 11) is 0. The third-order valence-electron chi connectivity index (χ3n) is 1.38. The summed E-state index contributed by atoms with van der Waals surface area (Å²) in [5.74, 6) is -0.922. The van der Waals surface area contributed by atoms with E-state index in [0.29, 0.717) is 5.57 Å². The van der Waals surface area contributed by atoms with Crippen molar-refractivity contribution in [1.82, 2.24) is 0 Å². The molecular weight excluding hydrogens is 184 g/mol. The lowest BCUT2D eigenvalue weighted by Crippen LogP contribution is -2.17. The summed E-state index contributed by atoms with van der Waals surface area (Å²) < 4.78 is 9.51. The molecule has 0 aromatic rings.